The van der Waals surface area contributed by atoms with Crippen LogP contribution in [0.15, 0.2) is 33.5 Å². The van der Waals surface area contributed by atoms with E-state index in [1.165, 1.54) is 12.8 Å². The largest absolute Gasteiger partial charge is 0.440 e. The number of hydrogen-bond donors (Lipinski definition) is 1. The van der Waals surface area contributed by atoms with Crippen LogP contribution in [0.3, 0.4) is 0 Å². The van der Waals surface area contributed by atoms with Crippen molar-refractivity contribution in [3.63, 3.8) is 0 Å². The van der Waals surface area contributed by atoms with Crippen LogP contribution < -0.4 is 5.32 Å². The molecule has 0 amide bonds. The normalized spacial score (nSPS) is 14.9. The molecule has 2 heterocycles. The number of thiazole rings is 1. The molecule has 0 bridgehead atoms. The van der Waals surface area contributed by atoms with Gasteiger partial charge in [0.2, 0.25) is 0 Å². The van der Waals surface area contributed by atoms with Gasteiger partial charge in [0, 0.05) is 17.0 Å². The summed E-state index contributed by atoms with van der Waals surface area (Å²) in [7, 11) is 0. The second-order valence-electron chi connectivity index (χ2n) is 4.84. The number of nitrogens with zero attached hydrogens (tertiary/aromatic N) is 2. The molecule has 4 nitrogen and oxygen atoms in total. The number of hydrogen-bond acceptors (Lipinski definition) is 5. The predicted molar refractivity (Wildman–Crippen MR) is 75.4 cm³/mol. The maximum atomic E-state index is 5.75. The second-order valence-corrected chi connectivity index (χ2v) is 5.56. The Kier molecular flexibility index (Phi) is 2.51. The van der Waals surface area contributed by atoms with Gasteiger partial charge in [-0.25, -0.2) is 9.97 Å². The van der Waals surface area contributed by atoms with Crippen LogP contribution in [0.25, 0.3) is 11.1 Å². The molecule has 4 rings (SSSR count). The topological polar surface area (TPSA) is 51.0 Å². The van der Waals surface area contributed by atoms with Gasteiger partial charge in [-0.1, -0.05) is 0 Å². The van der Waals surface area contributed by atoms with E-state index in [1.54, 1.807) is 11.3 Å². The van der Waals surface area contributed by atoms with E-state index in [9.17, 15) is 0 Å². The number of oxazole rings is 1. The van der Waals surface area contributed by atoms with Crippen molar-refractivity contribution in [2.75, 3.05) is 5.32 Å². The van der Waals surface area contributed by atoms with Gasteiger partial charge in [-0.2, -0.15) is 0 Å². The Morgan fingerprint density at radius 1 is 1.37 bits per heavy atom. The number of benzene rings is 1. The fourth-order valence-electron chi connectivity index (χ4n) is 2.08. The molecule has 0 unspecified atom stereocenters. The third-order valence-corrected chi connectivity index (χ3v) is 3.92. The summed E-state index contributed by atoms with van der Waals surface area (Å²) in [6.45, 7) is 0.738. The lowest BCUT2D eigenvalue weighted by Gasteiger charge is -2.03. The zero-order valence-electron chi connectivity index (χ0n) is 10.3. The van der Waals surface area contributed by atoms with Crippen LogP contribution in [0.4, 0.5) is 5.69 Å². The molecule has 5 heteroatoms. The molecule has 0 saturated heterocycles. The summed E-state index contributed by atoms with van der Waals surface area (Å²) in [5.41, 5.74) is 5.77. The van der Waals surface area contributed by atoms with Crippen LogP contribution >= 0.6 is 11.3 Å². The monoisotopic (exact) mass is 271 g/mol. The first-order valence-corrected chi connectivity index (χ1v) is 7.34. The molecule has 3 aromatic rings. The smallest absolute Gasteiger partial charge is 0.198 e. The zero-order valence-corrected chi connectivity index (χ0v) is 11.1. The number of nitrogens with one attached hydrogen (secondary N) is 1. The Morgan fingerprint density at radius 3 is 3.11 bits per heavy atom. The third kappa shape index (κ3) is 2.21. The van der Waals surface area contributed by atoms with Crippen molar-refractivity contribution in [3.8, 4) is 0 Å². The highest BCUT2D eigenvalue weighted by atomic mass is 32.1. The van der Waals surface area contributed by atoms with E-state index < -0.39 is 0 Å². The first-order chi connectivity index (χ1) is 9.38. The van der Waals surface area contributed by atoms with Crippen molar-refractivity contribution >= 4 is 28.1 Å². The Labute approximate surface area is 114 Å². The minimum absolute atomic E-state index is 0.554. The van der Waals surface area contributed by atoms with E-state index in [1.807, 2.05) is 29.1 Å². The summed E-state index contributed by atoms with van der Waals surface area (Å²) in [6, 6.07) is 6.05. The maximum Gasteiger partial charge on any atom is 0.198 e. The van der Waals surface area contributed by atoms with Crippen LogP contribution in [-0.2, 0) is 6.54 Å². The Bertz CT molecular complexity index is 701. The lowest BCUT2D eigenvalue weighted by molar-refractivity contribution is 0.533. The molecule has 1 fully saturated rings. The molecule has 96 valence electrons. The standard InChI is InChI=1S/C14H13N3OS/c1-2-9(1)14-17-12-5-10(3-4-13(12)18-14)15-6-11-7-19-8-16-11/h3-5,7-9,15H,1-2,6H2. The van der Waals surface area contributed by atoms with E-state index in [-0.39, 0.29) is 0 Å². The van der Waals surface area contributed by atoms with Crippen molar-refractivity contribution in [1.82, 2.24) is 9.97 Å². The van der Waals surface area contributed by atoms with Crippen LogP contribution in [0.2, 0.25) is 0 Å². The minimum atomic E-state index is 0.554. The molecule has 0 radical (unpaired) electrons. The maximum absolute atomic E-state index is 5.75. The molecule has 1 N–H and O–H groups in total. The highest BCUT2D eigenvalue weighted by molar-refractivity contribution is 7.07. The zero-order chi connectivity index (χ0) is 12.7. The van der Waals surface area contributed by atoms with Gasteiger partial charge >= 0.3 is 0 Å². The van der Waals surface area contributed by atoms with E-state index in [0.29, 0.717) is 5.92 Å². The molecule has 19 heavy (non-hydrogen) atoms. The van der Waals surface area contributed by atoms with Gasteiger partial charge in [0.25, 0.3) is 0 Å². The summed E-state index contributed by atoms with van der Waals surface area (Å²) < 4.78 is 5.75. The highest BCUT2D eigenvalue weighted by Gasteiger charge is 2.28. The molecule has 0 atom stereocenters. The summed E-state index contributed by atoms with van der Waals surface area (Å²) in [5, 5.41) is 5.40. The first kappa shape index (κ1) is 11.0. The average Bonchev–Trinajstić information content (AvgIpc) is 3.00. The molecule has 1 aliphatic rings. The third-order valence-electron chi connectivity index (χ3n) is 3.29. The van der Waals surface area contributed by atoms with Gasteiger partial charge in [-0.3, -0.25) is 0 Å². The van der Waals surface area contributed by atoms with Gasteiger partial charge in [0.1, 0.15) is 5.52 Å². The fraction of sp³-hybridized carbons (Fsp3) is 0.286. The van der Waals surface area contributed by atoms with Crippen LogP contribution in [0, 0.1) is 0 Å². The van der Waals surface area contributed by atoms with Crippen LogP contribution in [-0.4, -0.2) is 9.97 Å². The van der Waals surface area contributed by atoms with Crippen molar-refractivity contribution < 1.29 is 4.42 Å². The van der Waals surface area contributed by atoms with Crippen molar-refractivity contribution in [3.05, 3.63) is 40.7 Å². The SMILES string of the molecule is c1nc(CNc2ccc3oc(C4CC4)nc3c2)cs1. The lowest BCUT2D eigenvalue weighted by Crippen LogP contribution is -1.98. The molecule has 2 aromatic heterocycles. The highest BCUT2D eigenvalue weighted by Crippen LogP contribution is 2.40. The van der Waals surface area contributed by atoms with E-state index >= 15 is 0 Å². The number of anilines is 1. The summed E-state index contributed by atoms with van der Waals surface area (Å²) in [6.07, 6.45) is 2.42. The van der Waals surface area contributed by atoms with Gasteiger partial charge in [0.05, 0.1) is 17.7 Å². The van der Waals surface area contributed by atoms with E-state index in [4.69, 9.17) is 4.42 Å². The average molecular weight is 271 g/mol. The molecule has 1 aromatic carbocycles. The van der Waals surface area contributed by atoms with E-state index in [2.05, 4.69) is 15.3 Å². The van der Waals surface area contributed by atoms with Gasteiger partial charge in [-0.15, -0.1) is 11.3 Å². The quantitative estimate of drug-likeness (QED) is 0.784. The Hall–Kier alpha value is -1.88. The summed E-state index contributed by atoms with van der Waals surface area (Å²) in [4.78, 5) is 8.81. The number of rotatable bonds is 4. The van der Waals surface area contributed by atoms with Gasteiger partial charge in [-0.05, 0) is 31.0 Å². The van der Waals surface area contributed by atoms with Gasteiger partial charge < -0.3 is 9.73 Å². The first-order valence-electron chi connectivity index (χ1n) is 6.40. The molecular weight excluding hydrogens is 258 g/mol. The Balaban J connectivity index is 1.56. The van der Waals surface area contributed by atoms with E-state index in [0.717, 1.165) is 34.9 Å². The molecular formula is C14H13N3OS. The van der Waals surface area contributed by atoms with Crippen LogP contribution in [0.1, 0.15) is 30.3 Å². The van der Waals surface area contributed by atoms with Crippen molar-refractivity contribution in [1.29, 1.82) is 0 Å². The van der Waals surface area contributed by atoms with Crippen molar-refractivity contribution in [2.24, 2.45) is 0 Å². The molecule has 1 aliphatic carbocycles. The summed E-state index contributed by atoms with van der Waals surface area (Å²) in [5.74, 6) is 1.45. The second kappa shape index (κ2) is 4.35. The summed E-state index contributed by atoms with van der Waals surface area (Å²) >= 11 is 1.61. The van der Waals surface area contributed by atoms with Crippen molar-refractivity contribution in [2.45, 2.75) is 25.3 Å². The number of fused-ring (bicyclic) bond motifs is 1. The number of aromatic nitrogens is 2. The fourth-order valence-corrected chi connectivity index (χ4v) is 2.64. The molecule has 0 aliphatic heterocycles. The van der Waals surface area contributed by atoms with Gasteiger partial charge in [0.15, 0.2) is 11.5 Å². The minimum Gasteiger partial charge on any atom is -0.440 e. The van der Waals surface area contributed by atoms with Crippen LogP contribution in [0.5, 0.6) is 0 Å². The predicted octanol–water partition coefficient (Wildman–Crippen LogP) is 3.77. The molecule has 0 spiro atoms. The Morgan fingerprint density at radius 2 is 2.32 bits per heavy atom. The molecule has 1 saturated carbocycles. The lowest BCUT2D eigenvalue weighted by atomic mass is 10.3.